The van der Waals surface area contributed by atoms with Crippen LogP contribution in [0.25, 0.3) is 0 Å². The van der Waals surface area contributed by atoms with Gasteiger partial charge in [-0.3, -0.25) is 4.90 Å². The summed E-state index contributed by atoms with van der Waals surface area (Å²) in [5.41, 5.74) is 2.84. The lowest BCUT2D eigenvalue weighted by atomic mass is 9.94. The number of anilines is 1. The van der Waals surface area contributed by atoms with Crippen LogP contribution >= 0.6 is 0 Å². The van der Waals surface area contributed by atoms with Crippen molar-refractivity contribution in [2.45, 2.75) is 32.9 Å². The Bertz CT molecular complexity index is 1120. The molecule has 0 bridgehead atoms. The number of piperazine rings is 1. The van der Waals surface area contributed by atoms with E-state index in [2.05, 4.69) is 26.5 Å². The van der Waals surface area contributed by atoms with Gasteiger partial charge < -0.3 is 29.7 Å². The van der Waals surface area contributed by atoms with Gasteiger partial charge in [-0.15, -0.1) is 0 Å². The van der Waals surface area contributed by atoms with E-state index in [1.807, 2.05) is 56.3 Å². The van der Waals surface area contributed by atoms with Crippen LogP contribution in [0.2, 0.25) is 0 Å². The molecule has 2 aliphatic rings. The second-order valence-electron chi connectivity index (χ2n) is 9.31. The molecule has 2 amide bonds. The van der Waals surface area contributed by atoms with Crippen molar-refractivity contribution in [1.82, 2.24) is 15.5 Å². The van der Waals surface area contributed by atoms with Crippen LogP contribution in [-0.2, 0) is 9.53 Å². The van der Waals surface area contributed by atoms with Crippen molar-refractivity contribution < 1.29 is 23.8 Å². The number of urea groups is 1. The Kier molecular flexibility index (Phi) is 8.55. The summed E-state index contributed by atoms with van der Waals surface area (Å²) in [4.78, 5) is 30.3. The molecule has 0 aromatic heterocycles. The molecule has 1 saturated heterocycles. The summed E-state index contributed by atoms with van der Waals surface area (Å²) < 4.78 is 16.7. The van der Waals surface area contributed by atoms with Gasteiger partial charge in [0.15, 0.2) is 0 Å². The topological polar surface area (TPSA) is 92.4 Å². The molecule has 2 heterocycles. The minimum Gasteiger partial charge on any atom is -0.495 e. The number of hydrogen-bond acceptors (Lipinski definition) is 7. The lowest BCUT2D eigenvalue weighted by Gasteiger charge is -2.38. The fourth-order valence-electron chi connectivity index (χ4n) is 4.72. The highest BCUT2D eigenvalue weighted by atomic mass is 16.5. The lowest BCUT2D eigenvalue weighted by Crippen LogP contribution is -2.51. The maximum absolute atomic E-state index is 13.1. The third-order valence-corrected chi connectivity index (χ3v) is 6.41. The van der Waals surface area contributed by atoms with E-state index in [4.69, 9.17) is 14.2 Å². The second kappa shape index (κ2) is 12.0. The van der Waals surface area contributed by atoms with Crippen molar-refractivity contribution in [1.29, 1.82) is 0 Å². The van der Waals surface area contributed by atoms with Crippen LogP contribution in [0.15, 0.2) is 59.8 Å². The van der Waals surface area contributed by atoms with Crippen LogP contribution < -0.4 is 25.0 Å². The summed E-state index contributed by atoms with van der Waals surface area (Å²) in [7, 11) is 1.68. The van der Waals surface area contributed by atoms with Gasteiger partial charge in [0.05, 0.1) is 37.1 Å². The molecule has 0 spiro atoms. The highest BCUT2D eigenvalue weighted by Gasteiger charge is 2.35. The number of methoxy groups -OCH3 is 1. The minimum absolute atomic E-state index is 0.0504. The van der Waals surface area contributed by atoms with E-state index >= 15 is 0 Å². The summed E-state index contributed by atoms with van der Waals surface area (Å²) in [5.74, 6) is 1.14. The van der Waals surface area contributed by atoms with Crippen LogP contribution in [0.1, 0.15) is 32.4 Å². The molecule has 1 fully saturated rings. The van der Waals surface area contributed by atoms with Crippen molar-refractivity contribution >= 4 is 17.7 Å². The van der Waals surface area contributed by atoms with Crippen molar-refractivity contribution in [2.24, 2.45) is 0 Å². The van der Waals surface area contributed by atoms with Crippen molar-refractivity contribution in [2.75, 3.05) is 51.3 Å². The normalized spacial score (nSPS) is 18.4. The summed E-state index contributed by atoms with van der Waals surface area (Å²) in [6, 6.07) is 14.5. The standard InChI is InChI=1S/C28H36N4O5/c1-5-36-27(33)25-22(18-31-14-16-32(17-15-31)23-8-6-7-9-24(23)35-4)29-28(34)30-26(25)20-10-12-21(13-11-20)37-19(2)3/h6-13,19,26H,5,14-18H2,1-4H3,(H2,29,30,34)/t26-/m0/s1. The predicted molar refractivity (Wildman–Crippen MR) is 142 cm³/mol. The molecule has 0 saturated carbocycles. The first-order chi connectivity index (χ1) is 17.9. The largest absolute Gasteiger partial charge is 0.495 e. The average Bonchev–Trinajstić information content (AvgIpc) is 2.89. The number of esters is 1. The number of carbonyl (C=O) groups excluding carboxylic acids is 2. The molecule has 2 aromatic rings. The van der Waals surface area contributed by atoms with Gasteiger partial charge >= 0.3 is 12.0 Å². The molecule has 198 valence electrons. The summed E-state index contributed by atoms with van der Waals surface area (Å²) >= 11 is 0. The minimum atomic E-state index is -0.620. The molecule has 0 radical (unpaired) electrons. The predicted octanol–water partition coefficient (Wildman–Crippen LogP) is 3.48. The van der Waals surface area contributed by atoms with Gasteiger partial charge in [-0.2, -0.15) is 0 Å². The number of nitrogens with zero attached hydrogens (tertiary/aromatic N) is 2. The van der Waals surface area contributed by atoms with Gasteiger partial charge in [0, 0.05) is 38.4 Å². The third-order valence-electron chi connectivity index (χ3n) is 6.41. The molecule has 1 atom stereocenters. The monoisotopic (exact) mass is 508 g/mol. The van der Waals surface area contributed by atoms with Gasteiger partial charge in [-0.25, -0.2) is 9.59 Å². The van der Waals surface area contributed by atoms with Gasteiger partial charge in [0.2, 0.25) is 0 Å². The Balaban J connectivity index is 1.54. The third kappa shape index (κ3) is 6.35. The average molecular weight is 509 g/mol. The van der Waals surface area contributed by atoms with E-state index in [-0.39, 0.29) is 18.7 Å². The Morgan fingerprint density at radius 2 is 1.76 bits per heavy atom. The molecule has 2 aliphatic heterocycles. The molecule has 2 N–H and O–H groups in total. The first-order valence-electron chi connectivity index (χ1n) is 12.7. The van der Waals surface area contributed by atoms with Crippen LogP contribution in [-0.4, -0.2) is 69.4 Å². The molecular formula is C28H36N4O5. The van der Waals surface area contributed by atoms with Gasteiger partial charge in [-0.1, -0.05) is 24.3 Å². The molecule has 4 rings (SSSR count). The number of hydrogen-bond donors (Lipinski definition) is 2. The number of benzene rings is 2. The van der Waals surface area contributed by atoms with Crippen molar-refractivity contribution in [3.8, 4) is 11.5 Å². The molecule has 0 aliphatic carbocycles. The van der Waals surface area contributed by atoms with Crippen LogP contribution in [0, 0.1) is 0 Å². The number of para-hydroxylation sites is 2. The lowest BCUT2D eigenvalue weighted by molar-refractivity contribution is -0.139. The van der Waals surface area contributed by atoms with Gasteiger partial charge in [0.1, 0.15) is 11.5 Å². The number of carbonyl (C=O) groups is 2. The summed E-state index contributed by atoms with van der Waals surface area (Å²) in [5, 5.41) is 5.78. The van der Waals surface area contributed by atoms with Crippen LogP contribution in [0.5, 0.6) is 11.5 Å². The molecular weight excluding hydrogens is 472 g/mol. The van der Waals surface area contributed by atoms with Crippen molar-refractivity contribution in [3.63, 3.8) is 0 Å². The van der Waals surface area contributed by atoms with Gasteiger partial charge in [0.25, 0.3) is 0 Å². The SMILES string of the molecule is CCOC(=O)C1=C(CN2CCN(c3ccccc3OC)CC2)NC(=O)N[C@H]1c1ccc(OC(C)C)cc1. The summed E-state index contributed by atoms with van der Waals surface area (Å²) in [6.07, 6.45) is 0.0504. The molecule has 0 unspecified atom stereocenters. The zero-order valence-corrected chi connectivity index (χ0v) is 22.0. The molecule has 2 aromatic carbocycles. The number of nitrogens with one attached hydrogen (secondary N) is 2. The fourth-order valence-corrected chi connectivity index (χ4v) is 4.72. The Labute approximate surface area is 218 Å². The molecule has 37 heavy (non-hydrogen) atoms. The number of amides is 2. The number of ether oxygens (including phenoxy) is 3. The quantitative estimate of drug-likeness (QED) is 0.501. The second-order valence-corrected chi connectivity index (χ2v) is 9.31. The highest BCUT2D eigenvalue weighted by Crippen LogP contribution is 2.31. The fraction of sp³-hybridized carbons (Fsp3) is 0.429. The maximum Gasteiger partial charge on any atom is 0.338 e. The van der Waals surface area contributed by atoms with E-state index in [0.29, 0.717) is 17.8 Å². The molecule has 9 heteroatoms. The Morgan fingerprint density at radius 3 is 2.41 bits per heavy atom. The zero-order chi connectivity index (χ0) is 26.4. The van der Waals surface area contributed by atoms with E-state index in [0.717, 1.165) is 48.9 Å². The van der Waals surface area contributed by atoms with Crippen molar-refractivity contribution in [3.05, 3.63) is 65.4 Å². The summed E-state index contributed by atoms with van der Waals surface area (Å²) in [6.45, 7) is 9.53. The van der Waals surface area contributed by atoms with Gasteiger partial charge in [-0.05, 0) is 50.6 Å². The zero-order valence-electron chi connectivity index (χ0n) is 22.0. The van der Waals surface area contributed by atoms with E-state index < -0.39 is 12.0 Å². The Hall–Kier alpha value is -3.72. The smallest absolute Gasteiger partial charge is 0.338 e. The maximum atomic E-state index is 13.1. The highest BCUT2D eigenvalue weighted by molar-refractivity contribution is 5.95. The van der Waals surface area contributed by atoms with E-state index in [9.17, 15) is 9.59 Å². The first kappa shape index (κ1) is 26.3. The van der Waals surface area contributed by atoms with Crippen LogP contribution in [0.4, 0.5) is 10.5 Å². The van der Waals surface area contributed by atoms with Crippen LogP contribution in [0.3, 0.4) is 0 Å². The van der Waals surface area contributed by atoms with E-state index in [1.54, 1.807) is 14.0 Å². The first-order valence-corrected chi connectivity index (χ1v) is 12.7. The number of rotatable bonds is 9. The Morgan fingerprint density at radius 1 is 1.05 bits per heavy atom. The van der Waals surface area contributed by atoms with E-state index in [1.165, 1.54) is 0 Å². The molecule has 9 nitrogen and oxygen atoms in total.